The highest BCUT2D eigenvalue weighted by atomic mass is 79.9. The molecule has 5 nitrogen and oxygen atoms in total. The van der Waals surface area contributed by atoms with E-state index in [4.69, 9.17) is 9.47 Å². The van der Waals surface area contributed by atoms with E-state index < -0.39 is 5.97 Å². The standard InChI is InChI=1S/C16H14BrNO4S/c1-21-10-3-6-13(12(9-10)16(20)22-2)18-15(19)8-5-11-4-7-14(17)23-11/h3-9H,1-2H3,(H,18,19). The molecule has 0 saturated carbocycles. The first kappa shape index (κ1) is 17.2. The number of carbonyl (C=O) groups is 2. The van der Waals surface area contributed by atoms with Crippen LogP contribution in [-0.2, 0) is 9.53 Å². The van der Waals surface area contributed by atoms with Gasteiger partial charge < -0.3 is 14.8 Å². The van der Waals surface area contributed by atoms with E-state index in [1.54, 1.807) is 18.2 Å². The van der Waals surface area contributed by atoms with Crippen LogP contribution >= 0.6 is 27.3 Å². The third-order valence-electron chi connectivity index (χ3n) is 2.88. The Balaban J connectivity index is 2.16. The summed E-state index contributed by atoms with van der Waals surface area (Å²) >= 11 is 4.87. The van der Waals surface area contributed by atoms with Crippen molar-refractivity contribution < 1.29 is 19.1 Å². The highest BCUT2D eigenvalue weighted by molar-refractivity contribution is 9.11. The lowest BCUT2D eigenvalue weighted by molar-refractivity contribution is -0.111. The van der Waals surface area contributed by atoms with Crippen molar-refractivity contribution in [3.8, 4) is 5.75 Å². The summed E-state index contributed by atoms with van der Waals surface area (Å²) in [5.41, 5.74) is 0.590. The van der Waals surface area contributed by atoms with Gasteiger partial charge in [0, 0.05) is 11.0 Å². The second-order valence-electron chi connectivity index (χ2n) is 4.37. The fourth-order valence-electron chi connectivity index (χ4n) is 1.79. The van der Waals surface area contributed by atoms with Gasteiger partial charge in [-0.15, -0.1) is 11.3 Å². The van der Waals surface area contributed by atoms with Crippen molar-refractivity contribution in [2.45, 2.75) is 0 Å². The summed E-state index contributed by atoms with van der Waals surface area (Å²) in [5, 5.41) is 2.66. The van der Waals surface area contributed by atoms with Crippen LogP contribution in [0.3, 0.4) is 0 Å². The highest BCUT2D eigenvalue weighted by Gasteiger charge is 2.14. The molecule has 0 radical (unpaired) electrons. The maximum absolute atomic E-state index is 12.0. The molecule has 1 heterocycles. The molecule has 7 heteroatoms. The predicted octanol–water partition coefficient (Wildman–Crippen LogP) is 3.96. The molecule has 0 spiro atoms. The Bertz CT molecular complexity index is 754. The van der Waals surface area contributed by atoms with Gasteiger partial charge in [0.25, 0.3) is 0 Å². The molecule has 1 aromatic heterocycles. The van der Waals surface area contributed by atoms with Crippen LogP contribution in [0.15, 0.2) is 40.2 Å². The van der Waals surface area contributed by atoms with E-state index in [0.29, 0.717) is 11.4 Å². The molecule has 120 valence electrons. The lowest BCUT2D eigenvalue weighted by Gasteiger charge is -2.10. The fourth-order valence-corrected chi connectivity index (χ4v) is 3.11. The van der Waals surface area contributed by atoms with E-state index in [1.807, 2.05) is 12.1 Å². The predicted molar refractivity (Wildman–Crippen MR) is 94.0 cm³/mol. The van der Waals surface area contributed by atoms with Crippen molar-refractivity contribution in [3.63, 3.8) is 0 Å². The number of benzene rings is 1. The first-order valence-electron chi connectivity index (χ1n) is 6.54. The summed E-state index contributed by atoms with van der Waals surface area (Å²) in [6.45, 7) is 0. The SMILES string of the molecule is COC(=O)c1cc(OC)ccc1NC(=O)C=Cc1ccc(Br)s1. The zero-order valence-electron chi connectivity index (χ0n) is 12.5. The Hall–Kier alpha value is -2.12. The molecule has 0 aliphatic rings. The van der Waals surface area contributed by atoms with Gasteiger partial charge >= 0.3 is 5.97 Å². The van der Waals surface area contributed by atoms with Gasteiger partial charge in [-0.25, -0.2) is 4.79 Å². The zero-order valence-corrected chi connectivity index (χ0v) is 14.9. The molecular weight excluding hydrogens is 382 g/mol. The average Bonchev–Trinajstić information content (AvgIpc) is 2.98. The number of ether oxygens (including phenoxy) is 2. The average molecular weight is 396 g/mol. The van der Waals surface area contributed by atoms with Crippen molar-refractivity contribution in [2.75, 3.05) is 19.5 Å². The fraction of sp³-hybridized carbons (Fsp3) is 0.125. The van der Waals surface area contributed by atoms with Crippen LogP contribution in [-0.4, -0.2) is 26.1 Å². The smallest absolute Gasteiger partial charge is 0.340 e. The van der Waals surface area contributed by atoms with Gasteiger partial charge in [-0.2, -0.15) is 0 Å². The summed E-state index contributed by atoms with van der Waals surface area (Å²) < 4.78 is 10.8. The number of nitrogens with one attached hydrogen (secondary N) is 1. The van der Waals surface area contributed by atoms with E-state index >= 15 is 0 Å². The number of anilines is 1. The molecule has 23 heavy (non-hydrogen) atoms. The molecule has 0 aliphatic heterocycles. The number of rotatable bonds is 5. The minimum atomic E-state index is -0.551. The summed E-state index contributed by atoms with van der Waals surface area (Å²) in [6.07, 6.45) is 3.11. The maximum Gasteiger partial charge on any atom is 0.340 e. The Kier molecular flexibility index (Phi) is 5.95. The van der Waals surface area contributed by atoms with Gasteiger partial charge in [-0.3, -0.25) is 4.79 Å². The molecule has 0 unspecified atom stereocenters. The normalized spacial score (nSPS) is 10.6. The number of hydrogen-bond donors (Lipinski definition) is 1. The van der Waals surface area contributed by atoms with Crippen LogP contribution in [0, 0.1) is 0 Å². The van der Waals surface area contributed by atoms with Gasteiger partial charge in [0.15, 0.2) is 0 Å². The molecule has 0 aliphatic carbocycles. The van der Waals surface area contributed by atoms with Gasteiger partial charge in [0.1, 0.15) is 5.75 Å². The van der Waals surface area contributed by atoms with Gasteiger partial charge in [0.05, 0.1) is 29.3 Å². The second kappa shape index (κ2) is 7.94. The van der Waals surface area contributed by atoms with Crippen LogP contribution in [0.4, 0.5) is 5.69 Å². The number of halogens is 1. The molecule has 2 rings (SSSR count). The van der Waals surface area contributed by atoms with E-state index in [9.17, 15) is 9.59 Å². The van der Waals surface area contributed by atoms with Crippen molar-refractivity contribution >= 4 is 50.9 Å². The monoisotopic (exact) mass is 395 g/mol. The number of methoxy groups -OCH3 is 2. The van der Waals surface area contributed by atoms with Crippen LogP contribution in [0.5, 0.6) is 5.75 Å². The Morgan fingerprint density at radius 2 is 2.00 bits per heavy atom. The Morgan fingerprint density at radius 3 is 2.61 bits per heavy atom. The number of amides is 1. The lowest BCUT2D eigenvalue weighted by Crippen LogP contribution is -2.13. The van der Waals surface area contributed by atoms with Crippen LogP contribution in [0.25, 0.3) is 6.08 Å². The number of thiophene rings is 1. The quantitative estimate of drug-likeness (QED) is 0.614. The number of carbonyl (C=O) groups excluding carboxylic acids is 2. The molecule has 1 aromatic carbocycles. The summed E-state index contributed by atoms with van der Waals surface area (Å²) in [6, 6.07) is 8.56. The molecule has 0 bridgehead atoms. The van der Waals surface area contributed by atoms with Crippen LogP contribution in [0.1, 0.15) is 15.2 Å². The lowest BCUT2D eigenvalue weighted by atomic mass is 10.1. The van der Waals surface area contributed by atoms with E-state index in [0.717, 1.165) is 8.66 Å². The summed E-state index contributed by atoms with van der Waals surface area (Å²) in [5.74, 6) is -0.391. The van der Waals surface area contributed by atoms with Crippen LogP contribution < -0.4 is 10.1 Å². The van der Waals surface area contributed by atoms with Crippen molar-refractivity contribution in [3.05, 3.63) is 50.6 Å². The molecule has 0 fully saturated rings. The van der Waals surface area contributed by atoms with E-state index in [-0.39, 0.29) is 11.5 Å². The third kappa shape index (κ3) is 4.67. The molecule has 0 saturated heterocycles. The zero-order chi connectivity index (χ0) is 16.8. The largest absolute Gasteiger partial charge is 0.497 e. The van der Waals surface area contributed by atoms with Crippen molar-refractivity contribution in [2.24, 2.45) is 0 Å². The molecule has 2 aromatic rings. The summed E-state index contributed by atoms with van der Waals surface area (Å²) in [7, 11) is 2.78. The third-order valence-corrected chi connectivity index (χ3v) is 4.47. The Labute approximate surface area is 146 Å². The van der Waals surface area contributed by atoms with Gasteiger partial charge in [0.2, 0.25) is 5.91 Å². The maximum atomic E-state index is 12.0. The molecular formula is C16H14BrNO4S. The van der Waals surface area contributed by atoms with Crippen molar-refractivity contribution in [1.82, 2.24) is 0 Å². The minimum absolute atomic E-state index is 0.229. The Morgan fingerprint density at radius 1 is 1.22 bits per heavy atom. The van der Waals surface area contributed by atoms with Gasteiger partial charge in [-0.1, -0.05) is 0 Å². The van der Waals surface area contributed by atoms with E-state index in [1.165, 1.54) is 37.7 Å². The van der Waals surface area contributed by atoms with Crippen LogP contribution in [0.2, 0.25) is 0 Å². The molecule has 1 amide bonds. The first-order chi connectivity index (χ1) is 11.0. The summed E-state index contributed by atoms with van der Waals surface area (Å²) in [4.78, 5) is 24.8. The topological polar surface area (TPSA) is 64.6 Å². The second-order valence-corrected chi connectivity index (χ2v) is 6.86. The van der Waals surface area contributed by atoms with Gasteiger partial charge in [-0.05, 0) is 52.3 Å². The van der Waals surface area contributed by atoms with Crippen molar-refractivity contribution in [1.29, 1.82) is 0 Å². The number of hydrogen-bond acceptors (Lipinski definition) is 5. The number of esters is 1. The molecule has 1 N–H and O–H groups in total. The van der Waals surface area contributed by atoms with E-state index in [2.05, 4.69) is 21.2 Å². The molecule has 0 atom stereocenters. The highest BCUT2D eigenvalue weighted by Crippen LogP contribution is 2.24. The first-order valence-corrected chi connectivity index (χ1v) is 8.15. The minimum Gasteiger partial charge on any atom is -0.497 e.